The minimum atomic E-state index is 1.16. The van der Waals surface area contributed by atoms with Crippen LogP contribution in [0.25, 0.3) is 0 Å². The molecule has 0 N–H and O–H groups in total. The van der Waals surface area contributed by atoms with Gasteiger partial charge in [-0.1, -0.05) is 0 Å². The SMILES string of the molecule is B=BB=BB=BB=BB=BB=C=PC. The van der Waals surface area contributed by atoms with Crippen molar-refractivity contribution in [2.45, 2.75) is 0 Å². The topological polar surface area (TPSA) is 0 Å². The normalized spacial score (nSPS) is 6.86. The summed E-state index contributed by atoms with van der Waals surface area (Å²) < 4.78 is 0. The van der Waals surface area contributed by atoms with Gasteiger partial charge >= 0.3 is 94.6 Å². The zero-order valence-corrected chi connectivity index (χ0v) is 9.32. The molecule has 12 heteroatoms. The predicted molar refractivity (Wildman–Crippen MR) is 82.5 cm³/mol. The Hall–Kier alpha value is 0.794. The van der Waals surface area contributed by atoms with Gasteiger partial charge in [-0.25, -0.2) is 0 Å². The molecule has 0 aliphatic rings. The summed E-state index contributed by atoms with van der Waals surface area (Å²) in [6.07, 6.45) is 0. The van der Waals surface area contributed by atoms with Crippen LogP contribution < -0.4 is 0 Å². The maximum absolute atomic E-state index is 3.57. The summed E-state index contributed by atoms with van der Waals surface area (Å²) in [4.78, 5) is 0. The average Bonchev–Trinajstić information content (AvgIpc) is 2.21. The van der Waals surface area contributed by atoms with E-state index in [1.807, 2.05) is 67.0 Å². The minimum absolute atomic E-state index is 1.16. The van der Waals surface area contributed by atoms with E-state index in [1.54, 1.807) is 6.69 Å². The van der Waals surface area contributed by atoms with Crippen LogP contribution in [0.4, 0.5) is 0 Å². The van der Waals surface area contributed by atoms with Gasteiger partial charge in [-0.2, -0.15) is 0 Å². The molecule has 50 valence electrons. The van der Waals surface area contributed by atoms with Crippen LogP contribution in [0, 0.1) is 0 Å². The summed E-state index contributed by atoms with van der Waals surface area (Å²) in [5.41, 5.74) is 0. The first kappa shape index (κ1) is 14.8. The standard InChI is InChI=1S/C2H4B11P/c1-14-2-4-6-8-10-12-13-11-9-7-5-3/h3H,1H3. The zero-order valence-electron chi connectivity index (χ0n) is 8.43. The molecular formula is C2H4B11P. The Kier molecular flexibility index (Phi) is 14.6. The first-order valence-electron chi connectivity index (χ1n) is 4.37. The Morgan fingerprint density at radius 1 is 0.857 bits per heavy atom. The van der Waals surface area contributed by atoms with Gasteiger partial charge in [0.25, 0.3) is 0 Å². The van der Waals surface area contributed by atoms with Crippen LogP contribution in [-0.2, 0) is 0 Å². The number of rotatable bonds is 5. The van der Waals surface area contributed by atoms with E-state index in [0.29, 0.717) is 0 Å². The van der Waals surface area contributed by atoms with Gasteiger partial charge in [-0.15, -0.1) is 0 Å². The summed E-state index contributed by atoms with van der Waals surface area (Å²) >= 11 is 0. The summed E-state index contributed by atoms with van der Waals surface area (Å²) in [7, 11) is 4.74. The Labute approximate surface area is 94.7 Å². The van der Waals surface area contributed by atoms with E-state index in [9.17, 15) is 0 Å². The predicted octanol–water partition coefficient (Wildman–Crippen LogP) is -3.71. The molecule has 0 heterocycles. The van der Waals surface area contributed by atoms with E-state index >= 15 is 0 Å². The van der Waals surface area contributed by atoms with Gasteiger partial charge in [0.15, 0.2) is 0 Å². The third-order valence-corrected chi connectivity index (χ3v) is 1.62. The van der Waals surface area contributed by atoms with Gasteiger partial charge < -0.3 is 0 Å². The van der Waals surface area contributed by atoms with Gasteiger partial charge in [0.05, 0.1) is 0 Å². The zero-order chi connectivity index (χ0) is 10.5. The second kappa shape index (κ2) is 13.8. The fourth-order valence-electron chi connectivity index (χ4n) is 0.637. The molecule has 0 saturated carbocycles. The van der Waals surface area contributed by atoms with Crippen molar-refractivity contribution in [3.05, 3.63) is 0 Å². The second-order valence-electron chi connectivity index (χ2n) is 2.29. The van der Waals surface area contributed by atoms with Crippen LogP contribution in [0.1, 0.15) is 0 Å². The maximum atomic E-state index is 3.57. The summed E-state index contributed by atoms with van der Waals surface area (Å²) in [5, 5.41) is 3.05. The third-order valence-electron chi connectivity index (χ3n) is 1.21. The van der Waals surface area contributed by atoms with Crippen LogP contribution in [0.3, 0.4) is 0 Å². The Bertz CT molecular complexity index is 316. The molecule has 0 nitrogen and oxygen atoms in total. The quantitative estimate of drug-likeness (QED) is 0.300. The second-order valence-corrected chi connectivity index (χ2v) is 3.00. The van der Waals surface area contributed by atoms with Crippen molar-refractivity contribution in [1.29, 1.82) is 0 Å². The van der Waals surface area contributed by atoms with Gasteiger partial charge in [0, 0.05) is 0 Å². The van der Waals surface area contributed by atoms with Gasteiger partial charge in [0.1, 0.15) is 0 Å². The molecule has 0 aliphatic carbocycles. The molecular weight excluding hydrogens is 174 g/mol. The summed E-state index contributed by atoms with van der Waals surface area (Å²) in [6.45, 7) is 21.3. The third kappa shape index (κ3) is 12.8. The van der Waals surface area contributed by atoms with E-state index in [-0.39, 0.29) is 0 Å². The van der Waals surface area contributed by atoms with Crippen LogP contribution in [0.2, 0.25) is 0 Å². The van der Waals surface area contributed by atoms with E-state index in [4.69, 9.17) is 0 Å². The molecule has 0 aliphatic heterocycles. The Morgan fingerprint density at radius 3 is 1.86 bits per heavy atom. The molecule has 0 radical (unpaired) electrons. The van der Waals surface area contributed by atoms with Crippen LogP contribution >= 0.6 is 8.20 Å². The van der Waals surface area contributed by atoms with Crippen LogP contribution in [0.5, 0.6) is 0 Å². The van der Waals surface area contributed by atoms with Crippen molar-refractivity contribution < 1.29 is 0 Å². The molecule has 0 atom stereocenters. The average molecular weight is 178 g/mol. The first-order valence-corrected chi connectivity index (χ1v) is 5.71. The molecule has 0 spiro atoms. The molecule has 0 aromatic heterocycles. The number of hydrogen-bond donors (Lipinski definition) is 0. The summed E-state index contributed by atoms with van der Waals surface area (Å²) in [6, 6.07) is 0. The monoisotopic (exact) mass is 180 g/mol. The number of hydrogen-bond acceptors (Lipinski definition) is 0. The molecule has 0 amide bonds. The molecule has 0 rings (SSSR count). The van der Waals surface area contributed by atoms with Crippen molar-refractivity contribution >= 4 is 88.0 Å². The molecule has 0 fully saturated rings. The van der Waals surface area contributed by atoms with Crippen molar-refractivity contribution in [2.75, 3.05) is 6.66 Å². The Balaban J connectivity index is 3.79. The van der Waals surface area contributed by atoms with Gasteiger partial charge in [-0.3, -0.25) is 0 Å². The van der Waals surface area contributed by atoms with Crippen molar-refractivity contribution in [1.82, 2.24) is 0 Å². The van der Waals surface area contributed by atoms with Crippen molar-refractivity contribution in [3.63, 3.8) is 0 Å². The Morgan fingerprint density at radius 2 is 1.36 bits per heavy atom. The van der Waals surface area contributed by atoms with Crippen molar-refractivity contribution in [3.8, 4) is 0 Å². The van der Waals surface area contributed by atoms with E-state index in [2.05, 4.69) is 12.7 Å². The fourth-order valence-corrected chi connectivity index (χ4v) is 0.872. The fraction of sp³-hybridized carbons (Fsp3) is 0.500. The molecule has 0 aromatic carbocycles. The van der Waals surface area contributed by atoms with E-state index < -0.39 is 0 Å². The van der Waals surface area contributed by atoms with Crippen molar-refractivity contribution in [2.24, 2.45) is 0 Å². The molecule has 0 aromatic rings. The van der Waals surface area contributed by atoms with E-state index in [0.717, 1.165) is 8.20 Å². The van der Waals surface area contributed by atoms with Crippen LogP contribution in [-0.4, -0.2) is 86.4 Å². The molecule has 0 bridgehead atoms. The van der Waals surface area contributed by atoms with E-state index in [1.165, 1.54) is 0 Å². The molecule has 0 unspecified atom stereocenters. The van der Waals surface area contributed by atoms with Gasteiger partial charge in [-0.05, 0) is 0 Å². The molecule has 14 heavy (non-hydrogen) atoms. The molecule has 0 saturated heterocycles. The van der Waals surface area contributed by atoms with Crippen LogP contribution in [0.15, 0.2) is 0 Å². The summed E-state index contributed by atoms with van der Waals surface area (Å²) in [5.74, 6) is 0. The van der Waals surface area contributed by atoms with Gasteiger partial charge in [0.2, 0.25) is 0 Å². The first-order chi connectivity index (χ1) is 6.91.